The van der Waals surface area contributed by atoms with Gasteiger partial charge < -0.3 is 10.5 Å². The molecule has 0 rings (SSSR count). The van der Waals surface area contributed by atoms with E-state index >= 15 is 0 Å². The normalized spacial score (nSPS) is 12.1. The first-order chi connectivity index (χ1) is 14.2. The average Bonchev–Trinajstić information content (AvgIpc) is 2.72. The molecule has 0 radical (unpaired) electrons. The van der Waals surface area contributed by atoms with E-state index in [-0.39, 0.29) is 5.97 Å². The predicted octanol–water partition coefficient (Wildman–Crippen LogP) is 7.87. The molecule has 0 heterocycles. The summed E-state index contributed by atoms with van der Waals surface area (Å²) in [6, 6.07) is 0. The molecule has 0 aromatic heterocycles. The van der Waals surface area contributed by atoms with Crippen LogP contribution in [0.2, 0.25) is 0 Å². The SMILES string of the molecule is CCCCCCCCCCCCCCCCCCCC(C(=O)OC)=C(C)CCN. The fraction of sp³-hybridized carbons (Fsp3) is 0.885. The van der Waals surface area contributed by atoms with Gasteiger partial charge in [0.25, 0.3) is 0 Å². The van der Waals surface area contributed by atoms with Crippen molar-refractivity contribution >= 4 is 5.97 Å². The Morgan fingerprint density at radius 3 is 1.38 bits per heavy atom. The molecule has 0 aromatic carbocycles. The number of hydrogen-bond donors (Lipinski definition) is 1. The summed E-state index contributed by atoms with van der Waals surface area (Å²) < 4.78 is 4.93. The minimum Gasteiger partial charge on any atom is -0.466 e. The molecule has 0 amide bonds. The van der Waals surface area contributed by atoms with Crippen LogP contribution in [-0.4, -0.2) is 19.6 Å². The molecule has 3 heteroatoms. The minimum absolute atomic E-state index is 0.174. The van der Waals surface area contributed by atoms with E-state index < -0.39 is 0 Å². The van der Waals surface area contributed by atoms with Crippen molar-refractivity contribution in [3.63, 3.8) is 0 Å². The molecule has 0 aliphatic rings. The highest BCUT2D eigenvalue weighted by atomic mass is 16.5. The van der Waals surface area contributed by atoms with Crippen molar-refractivity contribution in [1.29, 1.82) is 0 Å². The predicted molar refractivity (Wildman–Crippen MR) is 127 cm³/mol. The van der Waals surface area contributed by atoms with E-state index in [4.69, 9.17) is 10.5 Å². The molecule has 0 bridgehead atoms. The Morgan fingerprint density at radius 2 is 1.03 bits per heavy atom. The maximum atomic E-state index is 11.9. The van der Waals surface area contributed by atoms with Crippen molar-refractivity contribution < 1.29 is 9.53 Å². The third-order valence-electron chi connectivity index (χ3n) is 6.00. The molecule has 0 unspecified atom stereocenters. The largest absolute Gasteiger partial charge is 0.466 e. The maximum absolute atomic E-state index is 11.9. The number of esters is 1. The molecule has 0 aromatic rings. The molecule has 3 nitrogen and oxygen atoms in total. The van der Waals surface area contributed by atoms with Crippen LogP contribution in [-0.2, 0) is 9.53 Å². The first-order valence-corrected chi connectivity index (χ1v) is 12.6. The van der Waals surface area contributed by atoms with E-state index in [1.807, 2.05) is 6.92 Å². The van der Waals surface area contributed by atoms with Gasteiger partial charge in [0.15, 0.2) is 0 Å². The Labute approximate surface area is 182 Å². The second-order valence-electron chi connectivity index (χ2n) is 8.70. The smallest absolute Gasteiger partial charge is 0.333 e. The molecule has 0 aliphatic carbocycles. The Balaban J connectivity index is 3.46. The van der Waals surface area contributed by atoms with E-state index in [1.165, 1.54) is 110 Å². The zero-order valence-corrected chi connectivity index (χ0v) is 20.0. The van der Waals surface area contributed by atoms with E-state index in [0.717, 1.165) is 30.4 Å². The number of methoxy groups -OCH3 is 1. The number of nitrogens with two attached hydrogens (primary N) is 1. The highest BCUT2D eigenvalue weighted by molar-refractivity contribution is 5.89. The number of hydrogen-bond acceptors (Lipinski definition) is 3. The van der Waals surface area contributed by atoms with Gasteiger partial charge in [0.05, 0.1) is 7.11 Å². The van der Waals surface area contributed by atoms with Crippen molar-refractivity contribution in [2.45, 2.75) is 136 Å². The highest BCUT2D eigenvalue weighted by Crippen LogP contribution is 2.19. The number of ether oxygens (including phenoxy) is 1. The zero-order valence-electron chi connectivity index (χ0n) is 20.0. The number of carbonyl (C=O) groups is 1. The van der Waals surface area contributed by atoms with Gasteiger partial charge in [-0.25, -0.2) is 4.79 Å². The van der Waals surface area contributed by atoms with Crippen molar-refractivity contribution in [1.82, 2.24) is 0 Å². The van der Waals surface area contributed by atoms with Crippen LogP contribution < -0.4 is 5.73 Å². The summed E-state index contributed by atoms with van der Waals surface area (Å²) in [6.07, 6.45) is 24.9. The molecule has 2 N–H and O–H groups in total. The Morgan fingerprint density at radius 1 is 0.655 bits per heavy atom. The average molecular weight is 410 g/mol. The summed E-state index contributed by atoms with van der Waals surface area (Å²) >= 11 is 0. The molecule has 172 valence electrons. The number of rotatable bonds is 21. The van der Waals surface area contributed by atoms with Crippen LogP contribution in [0.5, 0.6) is 0 Å². The topological polar surface area (TPSA) is 52.3 Å². The van der Waals surface area contributed by atoms with E-state index in [9.17, 15) is 4.79 Å². The van der Waals surface area contributed by atoms with Gasteiger partial charge in [0.1, 0.15) is 0 Å². The second kappa shape index (κ2) is 21.9. The first-order valence-electron chi connectivity index (χ1n) is 12.6. The molecule has 0 saturated carbocycles. The van der Waals surface area contributed by atoms with Crippen molar-refractivity contribution in [2.75, 3.05) is 13.7 Å². The lowest BCUT2D eigenvalue weighted by atomic mass is 9.99. The summed E-state index contributed by atoms with van der Waals surface area (Å²) in [5.74, 6) is -0.174. The molecule has 0 fully saturated rings. The molecular weight excluding hydrogens is 358 g/mol. The number of unbranched alkanes of at least 4 members (excludes halogenated alkanes) is 16. The zero-order chi connectivity index (χ0) is 21.6. The van der Waals surface area contributed by atoms with Crippen LogP contribution in [0.3, 0.4) is 0 Å². The lowest BCUT2D eigenvalue weighted by molar-refractivity contribution is -0.136. The van der Waals surface area contributed by atoms with Crippen LogP contribution in [0.15, 0.2) is 11.1 Å². The molecule has 0 saturated heterocycles. The van der Waals surface area contributed by atoms with Gasteiger partial charge in [-0.2, -0.15) is 0 Å². The summed E-state index contributed by atoms with van der Waals surface area (Å²) in [5, 5.41) is 0. The van der Waals surface area contributed by atoms with Crippen molar-refractivity contribution in [2.24, 2.45) is 5.73 Å². The highest BCUT2D eigenvalue weighted by Gasteiger charge is 2.12. The van der Waals surface area contributed by atoms with Crippen LogP contribution in [0.1, 0.15) is 136 Å². The Hall–Kier alpha value is -0.830. The number of carbonyl (C=O) groups excluding carboxylic acids is 1. The van der Waals surface area contributed by atoms with Gasteiger partial charge in [-0.1, -0.05) is 115 Å². The van der Waals surface area contributed by atoms with Crippen molar-refractivity contribution in [3.8, 4) is 0 Å². The van der Waals surface area contributed by atoms with E-state index in [1.54, 1.807) is 0 Å². The fourth-order valence-electron chi connectivity index (χ4n) is 4.01. The summed E-state index contributed by atoms with van der Waals surface area (Å²) in [7, 11) is 1.46. The van der Waals surface area contributed by atoms with E-state index in [0.29, 0.717) is 6.54 Å². The third-order valence-corrected chi connectivity index (χ3v) is 6.00. The second-order valence-corrected chi connectivity index (χ2v) is 8.70. The third kappa shape index (κ3) is 17.7. The lowest BCUT2D eigenvalue weighted by Gasteiger charge is -2.10. The van der Waals surface area contributed by atoms with Crippen LogP contribution in [0.4, 0.5) is 0 Å². The molecule has 29 heavy (non-hydrogen) atoms. The van der Waals surface area contributed by atoms with Gasteiger partial charge in [-0.15, -0.1) is 0 Å². The van der Waals surface area contributed by atoms with Crippen molar-refractivity contribution in [3.05, 3.63) is 11.1 Å². The fourth-order valence-corrected chi connectivity index (χ4v) is 4.01. The first kappa shape index (κ1) is 28.2. The molecule has 0 atom stereocenters. The lowest BCUT2D eigenvalue weighted by Crippen LogP contribution is -2.09. The van der Waals surface area contributed by atoms with Gasteiger partial charge in [0.2, 0.25) is 0 Å². The van der Waals surface area contributed by atoms with Gasteiger partial charge in [-0.05, 0) is 32.7 Å². The molecular formula is C26H51NO2. The standard InChI is InChI=1S/C26H51NO2/c1-4-5-6-7-8-9-10-11-12-13-14-15-16-17-18-19-20-21-25(26(28)29-3)24(2)22-23-27/h4-23,27H2,1-3H3. The van der Waals surface area contributed by atoms with Gasteiger partial charge in [-0.3, -0.25) is 0 Å². The van der Waals surface area contributed by atoms with Gasteiger partial charge >= 0.3 is 5.97 Å². The summed E-state index contributed by atoms with van der Waals surface area (Å²) in [6.45, 7) is 4.88. The monoisotopic (exact) mass is 409 g/mol. The quantitative estimate of drug-likeness (QED) is 0.119. The molecule has 0 spiro atoms. The Kier molecular flexibility index (Phi) is 21.2. The van der Waals surface area contributed by atoms with Crippen LogP contribution in [0.25, 0.3) is 0 Å². The summed E-state index contributed by atoms with van der Waals surface area (Å²) in [4.78, 5) is 11.9. The molecule has 0 aliphatic heterocycles. The minimum atomic E-state index is -0.174. The summed E-state index contributed by atoms with van der Waals surface area (Å²) in [5.41, 5.74) is 7.56. The van der Waals surface area contributed by atoms with Gasteiger partial charge in [0, 0.05) is 5.57 Å². The van der Waals surface area contributed by atoms with E-state index in [2.05, 4.69) is 6.92 Å². The van der Waals surface area contributed by atoms with Crippen LogP contribution >= 0.6 is 0 Å². The Bertz CT molecular complexity index is 404. The van der Waals surface area contributed by atoms with Crippen LogP contribution in [0, 0.1) is 0 Å². The maximum Gasteiger partial charge on any atom is 0.333 e.